The highest BCUT2D eigenvalue weighted by Crippen LogP contribution is 2.25. The number of amides is 1. The summed E-state index contributed by atoms with van der Waals surface area (Å²) in [6, 6.07) is 14.5. The third kappa shape index (κ3) is 2.84. The van der Waals surface area contributed by atoms with E-state index in [-0.39, 0.29) is 11.7 Å². The van der Waals surface area contributed by atoms with E-state index in [1.165, 1.54) is 0 Å². The zero-order valence-corrected chi connectivity index (χ0v) is 12.5. The molecule has 2 aromatic carbocycles. The first kappa shape index (κ1) is 14.3. The van der Waals surface area contributed by atoms with Crippen LogP contribution in [0.1, 0.15) is 15.9 Å². The van der Waals surface area contributed by atoms with Crippen LogP contribution < -0.4 is 5.32 Å². The molecule has 0 fully saturated rings. The molecule has 3 rings (SSSR count). The van der Waals surface area contributed by atoms with Gasteiger partial charge in [-0.25, -0.2) is 4.63 Å². The van der Waals surface area contributed by atoms with E-state index in [0.717, 1.165) is 11.1 Å². The number of carbonyl (C=O) groups excluding carboxylic acids is 1. The molecule has 1 amide bonds. The molecule has 0 radical (unpaired) electrons. The van der Waals surface area contributed by atoms with Crippen LogP contribution in [0, 0.1) is 6.92 Å². The first-order valence-electron chi connectivity index (χ1n) is 6.60. The number of benzene rings is 2. The van der Waals surface area contributed by atoms with Crippen LogP contribution in [0.15, 0.2) is 53.2 Å². The van der Waals surface area contributed by atoms with Gasteiger partial charge in [-0.05, 0) is 29.4 Å². The van der Waals surface area contributed by atoms with Crippen molar-refractivity contribution in [2.45, 2.75) is 6.92 Å². The Balaban J connectivity index is 1.88. The summed E-state index contributed by atoms with van der Waals surface area (Å²) in [5.41, 5.74) is 2.77. The molecular formula is C16H12ClN3O2. The summed E-state index contributed by atoms with van der Waals surface area (Å²) in [4.78, 5) is 12.3. The van der Waals surface area contributed by atoms with E-state index < -0.39 is 0 Å². The van der Waals surface area contributed by atoms with Crippen LogP contribution in [0.2, 0.25) is 5.02 Å². The Bertz CT molecular complexity index is 812. The molecule has 1 aromatic heterocycles. The predicted octanol–water partition coefficient (Wildman–Crippen LogP) is 3.95. The minimum atomic E-state index is -0.366. The van der Waals surface area contributed by atoms with Gasteiger partial charge >= 0.3 is 0 Å². The SMILES string of the molecule is Cc1ccc(-c2nonc2NC(=O)c2ccccc2Cl)cc1. The van der Waals surface area contributed by atoms with Crippen molar-refractivity contribution >= 4 is 23.3 Å². The lowest BCUT2D eigenvalue weighted by Gasteiger charge is -2.05. The van der Waals surface area contributed by atoms with E-state index in [2.05, 4.69) is 15.6 Å². The van der Waals surface area contributed by atoms with Gasteiger partial charge in [0.15, 0.2) is 5.69 Å². The first-order valence-corrected chi connectivity index (χ1v) is 6.98. The molecule has 0 aliphatic carbocycles. The summed E-state index contributed by atoms with van der Waals surface area (Å²) < 4.78 is 4.75. The van der Waals surface area contributed by atoms with Gasteiger partial charge in [-0.3, -0.25) is 4.79 Å². The molecule has 0 spiro atoms. The Morgan fingerprint density at radius 1 is 1.09 bits per heavy atom. The van der Waals surface area contributed by atoms with Gasteiger partial charge in [0.1, 0.15) is 0 Å². The molecule has 3 aromatic rings. The molecule has 0 aliphatic heterocycles. The average Bonchev–Trinajstić information content (AvgIpc) is 2.96. The van der Waals surface area contributed by atoms with Crippen molar-refractivity contribution in [1.29, 1.82) is 0 Å². The molecule has 0 unspecified atom stereocenters. The normalized spacial score (nSPS) is 10.5. The number of nitrogens with one attached hydrogen (secondary N) is 1. The lowest BCUT2D eigenvalue weighted by Crippen LogP contribution is -2.13. The van der Waals surface area contributed by atoms with Gasteiger partial charge in [-0.2, -0.15) is 0 Å². The summed E-state index contributed by atoms with van der Waals surface area (Å²) in [5, 5.41) is 10.6. The number of aromatic nitrogens is 2. The van der Waals surface area contributed by atoms with Gasteiger partial charge in [0.2, 0.25) is 5.82 Å². The highest BCUT2D eigenvalue weighted by molar-refractivity contribution is 6.34. The molecule has 22 heavy (non-hydrogen) atoms. The molecule has 110 valence electrons. The molecule has 0 aliphatic rings. The van der Waals surface area contributed by atoms with E-state index in [1.807, 2.05) is 31.2 Å². The topological polar surface area (TPSA) is 68.0 Å². The van der Waals surface area contributed by atoms with Gasteiger partial charge in [-0.15, -0.1) is 0 Å². The number of nitrogens with zero attached hydrogens (tertiary/aromatic N) is 2. The molecule has 1 N–H and O–H groups in total. The van der Waals surface area contributed by atoms with Crippen LogP contribution >= 0.6 is 11.6 Å². The summed E-state index contributed by atoms with van der Waals surface area (Å²) in [7, 11) is 0. The molecule has 0 saturated heterocycles. The van der Waals surface area contributed by atoms with Crippen LogP contribution in [0.3, 0.4) is 0 Å². The molecule has 0 saturated carbocycles. The second-order valence-electron chi connectivity index (χ2n) is 4.76. The van der Waals surface area contributed by atoms with Gasteiger partial charge in [0, 0.05) is 5.56 Å². The Morgan fingerprint density at radius 3 is 2.55 bits per heavy atom. The van der Waals surface area contributed by atoms with Crippen LogP contribution in [0.25, 0.3) is 11.3 Å². The summed E-state index contributed by atoms with van der Waals surface area (Å²) in [6.45, 7) is 1.99. The summed E-state index contributed by atoms with van der Waals surface area (Å²) >= 11 is 6.01. The third-order valence-corrected chi connectivity index (χ3v) is 3.49. The fourth-order valence-electron chi connectivity index (χ4n) is 1.99. The van der Waals surface area contributed by atoms with Crippen molar-refractivity contribution in [1.82, 2.24) is 10.3 Å². The number of anilines is 1. The summed E-state index contributed by atoms with van der Waals surface area (Å²) in [6.07, 6.45) is 0. The smallest absolute Gasteiger partial charge is 0.258 e. The van der Waals surface area contributed by atoms with Gasteiger partial charge in [-0.1, -0.05) is 53.6 Å². The third-order valence-electron chi connectivity index (χ3n) is 3.16. The van der Waals surface area contributed by atoms with Crippen LogP contribution in [0.4, 0.5) is 5.82 Å². The number of aryl methyl sites for hydroxylation is 1. The Kier molecular flexibility index (Phi) is 3.89. The quantitative estimate of drug-likeness (QED) is 0.795. The zero-order chi connectivity index (χ0) is 15.5. The molecule has 1 heterocycles. The molecule has 0 atom stereocenters. The zero-order valence-electron chi connectivity index (χ0n) is 11.7. The molecule has 6 heteroatoms. The minimum absolute atomic E-state index is 0.258. The number of hydrogen-bond donors (Lipinski definition) is 1. The van der Waals surface area contributed by atoms with Crippen LogP contribution in [0.5, 0.6) is 0 Å². The van der Waals surface area contributed by atoms with E-state index in [4.69, 9.17) is 16.2 Å². The minimum Gasteiger partial charge on any atom is -0.302 e. The van der Waals surface area contributed by atoms with Crippen LogP contribution in [-0.4, -0.2) is 16.2 Å². The van der Waals surface area contributed by atoms with Crippen molar-refractivity contribution in [3.8, 4) is 11.3 Å². The van der Waals surface area contributed by atoms with Gasteiger partial charge in [0.05, 0.1) is 10.6 Å². The maximum absolute atomic E-state index is 12.3. The standard InChI is InChI=1S/C16H12ClN3O2/c1-10-6-8-11(9-7-10)14-15(20-22-19-14)18-16(21)12-4-2-3-5-13(12)17/h2-9H,1H3,(H,18,20,21). The Labute approximate surface area is 131 Å². The van der Waals surface area contributed by atoms with Crippen molar-refractivity contribution in [3.05, 3.63) is 64.7 Å². The van der Waals surface area contributed by atoms with E-state index >= 15 is 0 Å². The Hall–Kier alpha value is -2.66. The largest absolute Gasteiger partial charge is 0.302 e. The van der Waals surface area contributed by atoms with E-state index in [9.17, 15) is 4.79 Å². The van der Waals surface area contributed by atoms with Crippen molar-refractivity contribution in [2.24, 2.45) is 0 Å². The lowest BCUT2D eigenvalue weighted by atomic mass is 10.1. The maximum Gasteiger partial charge on any atom is 0.258 e. The van der Waals surface area contributed by atoms with E-state index in [0.29, 0.717) is 16.3 Å². The number of hydrogen-bond acceptors (Lipinski definition) is 4. The summed E-state index contributed by atoms with van der Waals surface area (Å²) in [5.74, 6) is -0.108. The lowest BCUT2D eigenvalue weighted by molar-refractivity contribution is 0.102. The second kappa shape index (κ2) is 5.99. The van der Waals surface area contributed by atoms with Crippen molar-refractivity contribution in [2.75, 3.05) is 5.32 Å². The van der Waals surface area contributed by atoms with E-state index in [1.54, 1.807) is 24.3 Å². The monoisotopic (exact) mass is 313 g/mol. The molecule has 5 nitrogen and oxygen atoms in total. The highest BCUT2D eigenvalue weighted by atomic mass is 35.5. The van der Waals surface area contributed by atoms with Crippen molar-refractivity contribution < 1.29 is 9.42 Å². The predicted molar refractivity (Wildman–Crippen MR) is 83.9 cm³/mol. The number of halogens is 1. The second-order valence-corrected chi connectivity index (χ2v) is 5.17. The molecular weight excluding hydrogens is 302 g/mol. The fourth-order valence-corrected chi connectivity index (χ4v) is 2.21. The van der Waals surface area contributed by atoms with Crippen LogP contribution in [-0.2, 0) is 0 Å². The maximum atomic E-state index is 12.3. The van der Waals surface area contributed by atoms with Crippen molar-refractivity contribution in [3.63, 3.8) is 0 Å². The number of carbonyl (C=O) groups is 1. The fraction of sp³-hybridized carbons (Fsp3) is 0.0625. The Morgan fingerprint density at radius 2 is 1.82 bits per heavy atom. The van der Waals surface area contributed by atoms with Gasteiger partial charge < -0.3 is 5.32 Å². The average molecular weight is 314 g/mol. The van der Waals surface area contributed by atoms with Gasteiger partial charge in [0.25, 0.3) is 5.91 Å². The first-order chi connectivity index (χ1) is 10.6. The highest BCUT2D eigenvalue weighted by Gasteiger charge is 2.17. The number of rotatable bonds is 3. The molecule has 0 bridgehead atoms.